The molecule has 0 fully saturated rings. The van der Waals surface area contributed by atoms with E-state index in [1.54, 1.807) is 0 Å². The van der Waals surface area contributed by atoms with E-state index in [4.69, 9.17) is 4.74 Å². The zero-order chi connectivity index (χ0) is 10.5. The summed E-state index contributed by atoms with van der Waals surface area (Å²) >= 11 is 0. The van der Waals surface area contributed by atoms with E-state index >= 15 is 0 Å². The summed E-state index contributed by atoms with van der Waals surface area (Å²) in [7, 11) is 0. The maximum Gasteiger partial charge on any atom is 0.162 e. The van der Waals surface area contributed by atoms with Crippen LogP contribution in [0.5, 0.6) is 0 Å². The first-order valence-corrected chi connectivity index (χ1v) is 4.93. The molecule has 0 amide bonds. The van der Waals surface area contributed by atoms with Gasteiger partial charge in [0, 0.05) is 6.08 Å². The minimum absolute atomic E-state index is 0.115. The summed E-state index contributed by atoms with van der Waals surface area (Å²) in [5.41, 5.74) is 1.11. The summed E-state index contributed by atoms with van der Waals surface area (Å²) in [6, 6.07) is 9.95. The van der Waals surface area contributed by atoms with Gasteiger partial charge in [-0.1, -0.05) is 36.4 Å². The number of ether oxygens (including phenoxy) is 1. The van der Waals surface area contributed by atoms with Gasteiger partial charge in [0.25, 0.3) is 0 Å². The van der Waals surface area contributed by atoms with Gasteiger partial charge in [0.1, 0.15) is 6.10 Å². The molecular formula is C13H12O2. The van der Waals surface area contributed by atoms with E-state index in [0.29, 0.717) is 6.42 Å². The molecule has 0 bridgehead atoms. The molecule has 1 aliphatic heterocycles. The maximum atomic E-state index is 11.1. The number of hydrogen-bond acceptors (Lipinski definition) is 2. The first kappa shape index (κ1) is 9.71. The van der Waals surface area contributed by atoms with Crippen molar-refractivity contribution >= 4 is 11.9 Å². The van der Waals surface area contributed by atoms with Gasteiger partial charge < -0.3 is 4.74 Å². The van der Waals surface area contributed by atoms with E-state index in [1.165, 1.54) is 12.3 Å². The van der Waals surface area contributed by atoms with E-state index < -0.39 is 0 Å². The smallest absolute Gasteiger partial charge is 0.162 e. The Balaban J connectivity index is 2.00. The Hall–Kier alpha value is -1.83. The lowest BCUT2D eigenvalue weighted by molar-refractivity contribution is -0.117. The lowest BCUT2D eigenvalue weighted by Crippen LogP contribution is -2.15. The van der Waals surface area contributed by atoms with E-state index in [2.05, 4.69) is 0 Å². The quantitative estimate of drug-likeness (QED) is 0.733. The molecule has 0 saturated heterocycles. The van der Waals surface area contributed by atoms with Crippen molar-refractivity contribution in [3.63, 3.8) is 0 Å². The Morgan fingerprint density at radius 2 is 2.07 bits per heavy atom. The summed E-state index contributed by atoms with van der Waals surface area (Å²) in [5.74, 6) is 0.115. The van der Waals surface area contributed by atoms with Crippen LogP contribution in [0.25, 0.3) is 6.08 Å². The molecule has 0 spiro atoms. The highest BCUT2D eigenvalue weighted by Gasteiger charge is 2.12. The highest BCUT2D eigenvalue weighted by molar-refractivity contribution is 5.90. The molecule has 1 unspecified atom stereocenters. The third-order valence-corrected chi connectivity index (χ3v) is 2.21. The van der Waals surface area contributed by atoms with Crippen LogP contribution in [-0.4, -0.2) is 11.9 Å². The molecule has 2 rings (SSSR count). The van der Waals surface area contributed by atoms with E-state index in [-0.39, 0.29) is 11.9 Å². The van der Waals surface area contributed by atoms with Crippen molar-refractivity contribution in [3.8, 4) is 0 Å². The minimum atomic E-state index is -0.122. The SMILES string of the molecule is O=C1C=COC(C=Cc2ccccc2)C1. The monoisotopic (exact) mass is 200 g/mol. The van der Waals surface area contributed by atoms with Gasteiger partial charge in [-0.05, 0) is 11.6 Å². The fourth-order valence-electron chi connectivity index (χ4n) is 1.43. The van der Waals surface area contributed by atoms with Crippen LogP contribution in [0.15, 0.2) is 48.7 Å². The highest BCUT2D eigenvalue weighted by atomic mass is 16.5. The second-order valence-corrected chi connectivity index (χ2v) is 3.42. The molecule has 2 heteroatoms. The third-order valence-electron chi connectivity index (χ3n) is 2.21. The van der Waals surface area contributed by atoms with Crippen LogP contribution >= 0.6 is 0 Å². The number of ketones is 1. The van der Waals surface area contributed by atoms with Crippen LogP contribution in [0, 0.1) is 0 Å². The van der Waals surface area contributed by atoms with Crippen molar-refractivity contribution < 1.29 is 9.53 Å². The van der Waals surface area contributed by atoms with Crippen LogP contribution in [0.2, 0.25) is 0 Å². The van der Waals surface area contributed by atoms with Gasteiger partial charge in [-0.3, -0.25) is 4.79 Å². The second kappa shape index (κ2) is 4.60. The minimum Gasteiger partial charge on any atom is -0.493 e. The number of benzene rings is 1. The first-order valence-electron chi connectivity index (χ1n) is 4.93. The van der Waals surface area contributed by atoms with Gasteiger partial charge in [0.05, 0.1) is 12.7 Å². The predicted octanol–water partition coefficient (Wildman–Crippen LogP) is 2.57. The Labute approximate surface area is 88.9 Å². The third kappa shape index (κ3) is 2.81. The van der Waals surface area contributed by atoms with Gasteiger partial charge in [-0.15, -0.1) is 0 Å². The molecule has 0 saturated carbocycles. The largest absolute Gasteiger partial charge is 0.493 e. The van der Waals surface area contributed by atoms with Gasteiger partial charge in [0.2, 0.25) is 0 Å². The summed E-state index contributed by atoms with van der Waals surface area (Å²) in [5, 5.41) is 0. The molecule has 1 aromatic rings. The average Bonchev–Trinajstić information content (AvgIpc) is 2.28. The fourth-order valence-corrected chi connectivity index (χ4v) is 1.43. The van der Waals surface area contributed by atoms with E-state index in [9.17, 15) is 4.79 Å². The lowest BCUT2D eigenvalue weighted by atomic mass is 10.1. The van der Waals surface area contributed by atoms with Gasteiger partial charge in [-0.2, -0.15) is 0 Å². The second-order valence-electron chi connectivity index (χ2n) is 3.42. The Morgan fingerprint density at radius 3 is 2.80 bits per heavy atom. The number of rotatable bonds is 2. The lowest BCUT2D eigenvalue weighted by Gasteiger charge is -2.14. The Morgan fingerprint density at radius 1 is 1.27 bits per heavy atom. The van der Waals surface area contributed by atoms with Gasteiger partial charge >= 0.3 is 0 Å². The Kier molecular flexibility index (Phi) is 2.98. The molecule has 76 valence electrons. The number of allylic oxidation sites excluding steroid dienone is 1. The topological polar surface area (TPSA) is 26.3 Å². The zero-order valence-corrected chi connectivity index (χ0v) is 8.30. The van der Waals surface area contributed by atoms with Crippen molar-refractivity contribution in [2.45, 2.75) is 12.5 Å². The van der Waals surface area contributed by atoms with Crippen molar-refractivity contribution in [3.05, 3.63) is 54.3 Å². The molecule has 1 atom stereocenters. The molecule has 0 aliphatic carbocycles. The number of carbonyl (C=O) groups is 1. The first-order chi connectivity index (χ1) is 7.34. The van der Waals surface area contributed by atoms with E-state index in [1.807, 2.05) is 42.5 Å². The van der Waals surface area contributed by atoms with E-state index in [0.717, 1.165) is 5.56 Å². The van der Waals surface area contributed by atoms with Crippen LogP contribution in [-0.2, 0) is 9.53 Å². The molecule has 15 heavy (non-hydrogen) atoms. The molecule has 0 radical (unpaired) electrons. The molecule has 0 N–H and O–H groups in total. The average molecular weight is 200 g/mol. The predicted molar refractivity (Wildman–Crippen MR) is 59.1 cm³/mol. The summed E-state index contributed by atoms with van der Waals surface area (Å²) in [6.45, 7) is 0. The van der Waals surface area contributed by atoms with Gasteiger partial charge in [-0.25, -0.2) is 0 Å². The van der Waals surface area contributed by atoms with Gasteiger partial charge in [0.15, 0.2) is 5.78 Å². The number of carbonyl (C=O) groups excluding carboxylic acids is 1. The van der Waals surface area contributed by atoms with Crippen molar-refractivity contribution in [2.24, 2.45) is 0 Å². The van der Waals surface area contributed by atoms with Crippen molar-refractivity contribution in [1.29, 1.82) is 0 Å². The summed E-state index contributed by atoms with van der Waals surface area (Å²) in [4.78, 5) is 11.1. The summed E-state index contributed by atoms with van der Waals surface area (Å²) < 4.78 is 5.28. The Bertz CT molecular complexity index is 390. The summed E-state index contributed by atoms with van der Waals surface area (Å²) in [6.07, 6.45) is 7.12. The fraction of sp³-hybridized carbons (Fsp3) is 0.154. The molecular weight excluding hydrogens is 188 g/mol. The van der Waals surface area contributed by atoms with Crippen LogP contribution < -0.4 is 0 Å². The molecule has 0 aromatic heterocycles. The highest BCUT2D eigenvalue weighted by Crippen LogP contribution is 2.11. The van der Waals surface area contributed by atoms with Crippen LogP contribution in [0.4, 0.5) is 0 Å². The molecule has 1 aliphatic rings. The molecule has 1 heterocycles. The molecule has 2 nitrogen and oxygen atoms in total. The normalized spacial score (nSPS) is 20.5. The number of hydrogen-bond donors (Lipinski definition) is 0. The zero-order valence-electron chi connectivity index (χ0n) is 8.30. The van der Waals surface area contributed by atoms with Crippen molar-refractivity contribution in [1.82, 2.24) is 0 Å². The van der Waals surface area contributed by atoms with Crippen molar-refractivity contribution in [2.75, 3.05) is 0 Å². The molecule has 1 aromatic carbocycles. The van der Waals surface area contributed by atoms with Crippen LogP contribution in [0.1, 0.15) is 12.0 Å². The van der Waals surface area contributed by atoms with Crippen LogP contribution in [0.3, 0.4) is 0 Å². The maximum absolute atomic E-state index is 11.1. The standard InChI is InChI=1S/C13H12O2/c14-12-8-9-15-13(10-12)7-6-11-4-2-1-3-5-11/h1-9,13H,10H2.